The van der Waals surface area contributed by atoms with Crippen molar-refractivity contribution in [1.29, 1.82) is 0 Å². The molecule has 1 fully saturated rings. The predicted octanol–water partition coefficient (Wildman–Crippen LogP) is 2.51. The van der Waals surface area contributed by atoms with Crippen LogP contribution in [0.5, 0.6) is 5.75 Å². The highest BCUT2D eigenvalue weighted by Gasteiger charge is 2.38. The largest absolute Gasteiger partial charge is 0.492 e. The predicted molar refractivity (Wildman–Crippen MR) is 113 cm³/mol. The quantitative estimate of drug-likeness (QED) is 0.561. The Kier molecular flexibility index (Phi) is 4.85. The van der Waals surface area contributed by atoms with Crippen LogP contribution in [0.3, 0.4) is 0 Å². The Hall–Kier alpha value is -3.75. The van der Waals surface area contributed by atoms with Gasteiger partial charge < -0.3 is 21.1 Å². The topological polar surface area (TPSA) is 115 Å². The maximum atomic E-state index is 13.0. The van der Waals surface area contributed by atoms with Gasteiger partial charge in [0.1, 0.15) is 17.7 Å². The summed E-state index contributed by atoms with van der Waals surface area (Å²) in [7, 11) is 0. The van der Waals surface area contributed by atoms with Crippen LogP contribution < -0.4 is 21.1 Å². The lowest BCUT2D eigenvalue weighted by Crippen LogP contribution is -2.27. The molecular weight excluding hydrogens is 399 g/mol. The molecule has 3 aromatic rings. The van der Waals surface area contributed by atoms with E-state index in [1.807, 2.05) is 12.1 Å². The van der Waals surface area contributed by atoms with Crippen molar-refractivity contribution >= 4 is 17.7 Å². The fourth-order valence-corrected chi connectivity index (χ4v) is 3.62. The Balaban J connectivity index is 1.33. The van der Waals surface area contributed by atoms with Crippen LogP contribution in [0.1, 0.15) is 27.9 Å². The number of hydrogen-bond acceptors (Lipinski definition) is 7. The van der Waals surface area contributed by atoms with Gasteiger partial charge in [0.25, 0.3) is 5.91 Å². The lowest BCUT2D eigenvalue weighted by Gasteiger charge is -2.13. The van der Waals surface area contributed by atoms with Crippen LogP contribution in [-0.4, -0.2) is 39.7 Å². The van der Waals surface area contributed by atoms with Gasteiger partial charge in [0.05, 0.1) is 23.9 Å². The minimum Gasteiger partial charge on any atom is -0.492 e. The van der Waals surface area contributed by atoms with Crippen molar-refractivity contribution < 1.29 is 13.9 Å². The number of nitrogen functional groups attached to an aromatic ring is 1. The number of nitrogens with zero attached hydrogens (tertiary/aromatic N) is 3. The molecule has 0 unspecified atom stereocenters. The highest BCUT2D eigenvalue weighted by molar-refractivity contribution is 5.94. The first-order valence-electron chi connectivity index (χ1n) is 10.1. The first kappa shape index (κ1) is 19.2. The molecule has 0 radical (unpaired) electrons. The van der Waals surface area contributed by atoms with Gasteiger partial charge in [-0.2, -0.15) is 0 Å². The molecule has 1 aromatic carbocycles. The third-order valence-electron chi connectivity index (χ3n) is 5.35. The van der Waals surface area contributed by atoms with Crippen molar-refractivity contribution in [3.8, 4) is 17.0 Å². The molecule has 0 saturated heterocycles. The summed E-state index contributed by atoms with van der Waals surface area (Å²) in [4.78, 5) is 25.0. The molecule has 1 amide bonds. The second-order valence-corrected chi connectivity index (χ2v) is 7.61. The molecule has 1 aliphatic carbocycles. The summed E-state index contributed by atoms with van der Waals surface area (Å²) in [6.07, 6.45) is 3.51. The number of nitrogens with one attached hydrogen (secondary N) is 2. The highest BCUT2D eigenvalue weighted by atomic mass is 19.1. The van der Waals surface area contributed by atoms with Crippen LogP contribution in [0.2, 0.25) is 0 Å². The number of fused-ring (bicyclic) bond motifs is 1. The first-order valence-corrected chi connectivity index (χ1v) is 10.1. The van der Waals surface area contributed by atoms with Crippen molar-refractivity contribution in [2.24, 2.45) is 0 Å². The summed E-state index contributed by atoms with van der Waals surface area (Å²) in [5.74, 6) is 1.41. The first-order chi connectivity index (χ1) is 15.1. The molecule has 0 spiro atoms. The minimum atomic E-state index is -0.925. The molecule has 3 heterocycles. The number of hydrogen-bond donors (Lipinski definition) is 3. The van der Waals surface area contributed by atoms with Crippen LogP contribution in [0.4, 0.5) is 16.2 Å². The zero-order valence-electron chi connectivity index (χ0n) is 16.6. The highest BCUT2D eigenvalue weighted by Crippen LogP contribution is 2.39. The number of anilines is 2. The van der Waals surface area contributed by atoms with E-state index in [0.29, 0.717) is 30.8 Å². The van der Waals surface area contributed by atoms with E-state index >= 15 is 0 Å². The van der Waals surface area contributed by atoms with E-state index in [-0.39, 0.29) is 17.9 Å². The molecule has 158 valence electrons. The standard InChI is InChI=1S/C22H21FN6O2/c23-16-9-18(16)28-21(30)13-3-1-2-12(8-13)10-26-20-14-5-7-31-19(14)15(11-27-20)17-4-6-25-22(24)29-17/h1-4,6,8,11,16,18H,5,7,9-10H2,(H,26,27)(H,28,30)(H2,24,25,29)/t16-,18-/m1/s1. The van der Waals surface area contributed by atoms with E-state index in [9.17, 15) is 9.18 Å². The zero-order valence-corrected chi connectivity index (χ0v) is 16.6. The van der Waals surface area contributed by atoms with Crippen LogP contribution in [0, 0.1) is 0 Å². The Labute approximate surface area is 178 Å². The van der Waals surface area contributed by atoms with E-state index in [0.717, 1.165) is 34.7 Å². The summed E-state index contributed by atoms with van der Waals surface area (Å²) in [5.41, 5.74) is 9.55. The van der Waals surface area contributed by atoms with Crippen LogP contribution in [-0.2, 0) is 13.0 Å². The van der Waals surface area contributed by atoms with Crippen LogP contribution >= 0.6 is 0 Å². The number of amides is 1. The number of halogens is 1. The van der Waals surface area contributed by atoms with Gasteiger partial charge in [-0.15, -0.1) is 0 Å². The maximum Gasteiger partial charge on any atom is 0.251 e. The number of ether oxygens (including phenoxy) is 1. The van der Waals surface area contributed by atoms with Crippen molar-refractivity contribution in [3.05, 3.63) is 59.4 Å². The molecule has 2 aromatic heterocycles. The van der Waals surface area contributed by atoms with Gasteiger partial charge in [0.15, 0.2) is 0 Å². The van der Waals surface area contributed by atoms with E-state index in [4.69, 9.17) is 10.5 Å². The Bertz CT molecular complexity index is 1150. The average Bonchev–Trinajstić information content (AvgIpc) is 3.24. The van der Waals surface area contributed by atoms with Crippen molar-refractivity contribution in [1.82, 2.24) is 20.3 Å². The van der Waals surface area contributed by atoms with Crippen LogP contribution in [0.15, 0.2) is 42.7 Å². The summed E-state index contributed by atoms with van der Waals surface area (Å²) >= 11 is 0. The molecule has 4 N–H and O–H groups in total. The molecule has 8 nitrogen and oxygen atoms in total. The summed E-state index contributed by atoms with van der Waals surface area (Å²) in [6, 6.07) is 8.67. The molecular formula is C22H21FN6O2. The van der Waals surface area contributed by atoms with Gasteiger partial charge in [-0.25, -0.2) is 19.3 Å². The molecule has 2 atom stereocenters. The van der Waals surface area contributed by atoms with Gasteiger partial charge in [0.2, 0.25) is 5.95 Å². The Morgan fingerprint density at radius 2 is 2.16 bits per heavy atom. The lowest BCUT2D eigenvalue weighted by molar-refractivity contribution is 0.0947. The molecule has 1 saturated carbocycles. The number of benzene rings is 1. The van der Waals surface area contributed by atoms with Gasteiger partial charge in [-0.1, -0.05) is 12.1 Å². The minimum absolute atomic E-state index is 0.194. The van der Waals surface area contributed by atoms with Crippen molar-refractivity contribution in [2.45, 2.75) is 31.6 Å². The second kappa shape index (κ2) is 7.82. The van der Waals surface area contributed by atoms with Gasteiger partial charge in [-0.3, -0.25) is 4.79 Å². The van der Waals surface area contributed by atoms with Crippen molar-refractivity contribution in [3.63, 3.8) is 0 Å². The number of carbonyl (C=O) groups excluding carboxylic acids is 1. The zero-order chi connectivity index (χ0) is 21.4. The van der Waals surface area contributed by atoms with Crippen molar-refractivity contribution in [2.75, 3.05) is 17.7 Å². The fraction of sp³-hybridized carbons (Fsp3) is 0.273. The number of aromatic nitrogens is 3. The van der Waals surface area contributed by atoms with E-state index in [2.05, 4.69) is 25.6 Å². The van der Waals surface area contributed by atoms with E-state index in [1.165, 1.54) is 0 Å². The molecule has 31 heavy (non-hydrogen) atoms. The lowest BCUT2D eigenvalue weighted by atomic mass is 10.1. The molecule has 9 heteroatoms. The Morgan fingerprint density at radius 1 is 1.29 bits per heavy atom. The molecule has 2 aliphatic rings. The second-order valence-electron chi connectivity index (χ2n) is 7.61. The molecule has 0 bridgehead atoms. The number of carbonyl (C=O) groups is 1. The van der Waals surface area contributed by atoms with E-state index < -0.39 is 6.17 Å². The summed E-state index contributed by atoms with van der Waals surface area (Å²) in [6.45, 7) is 1.05. The van der Waals surface area contributed by atoms with E-state index in [1.54, 1.807) is 30.6 Å². The number of nitrogens with two attached hydrogens (primary N) is 1. The third-order valence-corrected chi connectivity index (χ3v) is 5.35. The molecule has 1 aliphatic heterocycles. The SMILES string of the molecule is Nc1nccc(-c2cnc(NCc3cccc(C(=O)N[C@@H]4C[C@H]4F)c3)c3c2OCC3)n1. The van der Waals surface area contributed by atoms with Gasteiger partial charge in [0, 0.05) is 42.9 Å². The average molecular weight is 420 g/mol. The van der Waals surface area contributed by atoms with Crippen LogP contribution in [0.25, 0.3) is 11.3 Å². The monoisotopic (exact) mass is 420 g/mol. The maximum absolute atomic E-state index is 13.0. The number of pyridine rings is 1. The Morgan fingerprint density at radius 3 is 2.97 bits per heavy atom. The summed E-state index contributed by atoms with van der Waals surface area (Å²) < 4.78 is 18.9. The van der Waals surface area contributed by atoms with Gasteiger partial charge in [-0.05, 0) is 23.8 Å². The smallest absolute Gasteiger partial charge is 0.251 e. The normalized spacial score (nSPS) is 18.7. The number of alkyl halides is 1. The van der Waals surface area contributed by atoms with Gasteiger partial charge >= 0.3 is 0 Å². The fourth-order valence-electron chi connectivity index (χ4n) is 3.62. The molecule has 5 rings (SSSR count). The summed E-state index contributed by atoms with van der Waals surface area (Å²) in [5, 5.41) is 6.04. The third kappa shape index (κ3) is 3.98. The number of rotatable bonds is 6.